The molecule has 2 aliphatic rings. The number of aromatic nitrogens is 1. The van der Waals surface area contributed by atoms with E-state index in [1.807, 2.05) is 56.3 Å². The standard InChI is InChI=1S/C27H27FN4O2/c1-16-12-21(27(34)32-11-10-19(15-32)31(2)3)24(29-16)14-22-25-20(17-6-4-7-18(28)13-17)8-5-9-23(25)30-26(22)33/h4-9,12-14,19,29H,10-11,15H2,1-3H3,(H,30,33)/b22-14-/t19-/m0/s1. The van der Waals surface area contributed by atoms with Gasteiger partial charge in [0, 0.05) is 36.1 Å². The van der Waals surface area contributed by atoms with E-state index in [1.54, 1.807) is 12.1 Å². The maximum Gasteiger partial charge on any atom is 0.256 e. The van der Waals surface area contributed by atoms with E-state index in [4.69, 9.17) is 0 Å². The summed E-state index contributed by atoms with van der Waals surface area (Å²) < 4.78 is 13.9. The van der Waals surface area contributed by atoms with E-state index in [0.717, 1.165) is 17.7 Å². The lowest BCUT2D eigenvalue weighted by Gasteiger charge is -2.20. The largest absolute Gasteiger partial charge is 0.358 e. The minimum atomic E-state index is -0.340. The number of carbonyl (C=O) groups excluding carboxylic acids is 2. The molecule has 1 atom stereocenters. The number of benzene rings is 2. The van der Waals surface area contributed by atoms with Gasteiger partial charge in [-0.3, -0.25) is 9.59 Å². The second-order valence-corrected chi connectivity index (χ2v) is 9.19. The number of nitrogens with zero attached hydrogens (tertiary/aromatic N) is 2. The summed E-state index contributed by atoms with van der Waals surface area (Å²) in [4.78, 5) is 33.6. The third-order valence-electron chi connectivity index (χ3n) is 6.65. The lowest BCUT2D eigenvalue weighted by molar-refractivity contribution is -0.110. The van der Waals surface area contributed by atoms with Crippen molar-refractivity contribution in [3.05, 3.63) is 76.9 Å². The molecular formula is C27H27FN4O2. The van der Waals surface area contributed by atoms with Gasteiger partial charge in [0.1, 0.15) is 5.82 Å². The molecule has 6 nitrogen and oxygen atoms in total. The fourth-order valence-corrected chi connectivity index (χ4v) is 4.85. The molecule has 34 heavy (non-hydrogen) atoms. The van der Waals surface area contributed by atoms with Crippen LogP contribution in [0.25, 0.3) is 22.8 Å². The second-order valence-electron chi connectivity index (χ2n) is 9.19. The molecule has 3 aromatic rings. The first-order valence-electron chi connectivity index (χ1n) is 11.4. The number of nitrogens with one attached hydrogen (secondary N) is 2. The highest BCUT2D eigenvalue weighted by Gasteiger charge is 2.31. The summed E-state index contributed by atoms with van der Waals surface area (Å²) in [5.41, 5.74) is 5.25. The van der Waals surface area contributed by atoms with Crippen LogP contribution < -0.4 is 5.32 Å². The van der Waals surface area contributed by atoms with Gasteiger partial charge in [0.25, 0.3) is 11.8 Å². The first-order chi connectivity index (χ1) is 16.3. The minimum absolute atomic E-state index is 0.0439. The molecule has 1 fully saturated rings. The highest BCUT2D eigenvalue weighted by molar-refractivity contribution is 6.36. The molecule has 0 saturated carbocycles. The van der Waals surface area contributed by atoms with Gasteiger partial charge in [0.15, 0.2) is 0 Å². The zero-order valence-corrected chi connectivity index (χ0v) is 19.5. The van der Waals surface area contributed by atoms with Gasteiger partial charge in [-0.1, -0.05) is 24.3 Å². The van der Waals surface area contributed by atoms with Crippen molar-refractivity contribution in [2.45, 2.75) is 19.4 Å². The first-order valence-corrected chi connectivity index (χ1v) is 11.4. The Balaban J connectivity index is 1.56. The van der Waals surface area contributed by atoms with Crippen molar-refractivity contribution in [3.63, 3.8) is 0 Å². The molecule has 0 unspecified atom stereocenters. The number of aromatic amines is 1. The highest BCUT2D eigenvalue weighted by atomic mass is 19.1. The van der Waals surface area contributed by atoms with Gasteiger partial charge in [0.05, 0.1) is 16.8 Å². The fraction of sp³-hybridized carbons (Fsp3) is 0.259. The van der Waals surface area contributed by atoms with E-state index in [9.17, 15) is 14.0 Å². The SMILES string of the molecule is Cc1cc(C(=O)N2CC[C@H](N(C)C)C2)c(/C=C2\C(=O)Nc3cccc(-c4cccc(F)c4)c32)[nH]1. The van der Waals surface area contributed by atoms with Crippen molar-refractivity contribution in [1.29, 1.82) is 0 Å². The molecule has 3 heterocycles. The van der Waals surface area contributed by atoms with Crippen LogP contribution in [0.4, 0.5) is 10.1 Å². The summed E-state index contributed by atoms with van der Waals surface area (Å²) >= 11 is 0. The van der Waals surface area contributed by atoms with E-state index in [2.05, 4.69) is 15.2 Å². The monoisotopic (exact) mass is 458 g/mol. The van der Waals surface area contributed by atoms with Gasteiger partial charge in [-0.2, -0.15) is 0 Å². The van der Waals surface area contributed by atoms with Crippen molar-refractivity contribution in [2.75, 3.05) is 32.5 Å². The number of likely N-dealkylation sites (N-methyl/N-ethyl adjacent to an activating group) is 1. The Hall–Kier alpha value is -3.71. The number of fused-ring (bicyclic) bond motifs is 1. The molecule has 2 N–H and O–H groups in total. The molecule has 0 radical (unpaired) electrons. The smallest absolute Gasteiger partial charge is 0.256 e. The van der Waals surface area contributed by atoms with E-state index < -0.39 is 0 Å². The maximum absolute atomic E-state index is 13.9. The Morgan fingerprint density at radius 3 is 2.71 bits per heavy atom. The topological polar surface area (TPSA) is 68.4 Å². The van der Waals surface area contributed by atoms with Crippen LogP contribution in [-0.4, -0.2) is 59.8 Å². The lowest BCUT2D eigenvalue weighted by atomic mass is 9.94. The Morgan fingerprint density at radius 2 is 1.97 bits per heavy atom. The number of amides is 2. The van der Waals surface area contributed by atoms with Gasteiger partial charge in [-0.25, -0.2) is 4.39 Å². The zero-order valence-electron chi connectivity index (χ0n) is 19.5. The molecule has 174 valence electrons. The average molecular weight is 459 g/mol. The van der Waals surface area contributed by atoms with Crippen molar-refractivity contribution >= 4 is 29.2 Å². The number of aryl methyl sites for hydroxylation is 1. The van der Waals surface area contributed by atoms with Crippen molar-refractivity contribution in [2.24, 2.45) is 0 Å². The summed E-state index contributed by atoms with van der Waals surface area (Å²) in [5, 5.41) is 2.91. The quantitative estimate of drug-likeness (QED) is 0.570. The van der Waals surface area contributed by atoms with Gasteiger partial charge in [-0.15, -0.1) is 0 Å². The predicted octanol–water partition coefficient (Wildman–Crippen LogP) is 4.40. The maximum atomic E-state index is 13.9. The van der Waals surface area contributed by atoms with E-state index in [-0.39, 0.29) is 17.6 Å². The Kier molecular flexibility index (Phi) is 5.57. The molecule has 0 bridgehead atoms. The number of H-pyrrole nitrogens is 1. The Morgan fingerprint density at radius 1 is 1.18 bits per heavy atom. The van der Waals surface area contributed by atoms with E-state index >= 15 is 0 Å². The number of halogens is 1. The number of hydrogen-bond donors (Lipinski definition) is 2. The van der Waals surface area contributed by atoms with Crippen LogP contribution in [0.3, 0.4) is 0 Å². The third-order valence-corrected chi connectivity index (χ3v) is 6.65. The molecule has 1 saturated heterocycles. The van der Waals surface area contributed by atoms with Crippen LogP contribution in [0.1, 0.15) is 33.7 Å². The number of hydrogen-bond acceptors (Lipinski definition) is 3. The molecule has 5 rings (SSSR count). The summed E-state index contributed by atoms with van der Waals surface area (Å²) in [6.45, 7) is 3.28. The fourth-order valence-electron chi connectivity index (χ4n) is 4.85. The molecule has 0 spiro atoms. The van der Waals surface area contributed by atoms with Crippen LogP contribution in [0.5, 0.6) is 0 Å². The van der Waals surface area contributed by atoms with Crippen LogP contribution in [0, 0.1) is 12.7 Å². The van der Waals surface area contributed by atoms with Gasteiger partial charge in [-0.05, 0) is 68.9 Å². The van der Waals surface area contributed by atoms with Gasteiger partial charge >= 0.3 is 0 Å². The number of anilines is 1. The van der Waals surface area contributed by atoms with Crippen molar-refractivity contribution < 1.29 is 14.0 Å². The predicted molar refractivity (Wildman–Crippen MR) is 132 cm³/mol. The van der Waals surface area contributed by atoms with E-state index in [1.165, 1.54) is 12.1 Å². The molecule has 7 heteroatoms. The zero-order chi connectivity index (χ0) is 24.0. The van der Waals surface area contributed by atoms with E-state index in [0.29, 0.717) is 52.8 Å². The van der Waals surface area contributed by atoms with Crippen LogP contribution in [0.15, 0.2) is 48.5 Å². The molecular weight excluding hydrogens is 431 g/mol. The van der Waals surface area contributed by atoms with Crippen molar-refractivity contribution in [1.82, 2.24) is 14.8 Å². The summed E-state index contributed by atoms with van der Waals surface area (Å²) in [5.74, 6) is -0.636. The highest BCUT2D eigenvalue weighted by Crippen LogP contribution is 2.40. The second kappa shape index (κ2) is 8.57. The molecule has 2 aromatic carbocycles. The normalized spacial score (nSPS) is 18.6. The van der Waals surface area contributed by atoms with Crippen molar-refractivity contribution in [3.8, 4) is 11.1 Å². The molecule has 0 aliphatic carbocycles. The molecule has 1 aromatic heterocycles. The third kappa shape index (κ3) is 3.92. The van der Waals surface area contributed by atoms with Gasteiger partial charge in [0.2, 0.25) is 0 Å². The Bertz CT molecular complexity index is 1320. The minimum Gasteiger partial charge on any atom is -0.358 e. The number of carbonyl (C=O) groups is 2. The lowest BCUT2D eigenvalue weighted by Crippen LogP contribution is -2.34. The summed E-state index contributed by atoms with van der Waals surface area (Å²) in [6, 6.07) is 14.0. The first kappa shape index (κ1) is 22.1. The van der Waals surface area contributed by atoms with Crippen LogP contribution in [-0.2, 0) is 4.79 Å². The Labute approximate surface area is 198 Å². The average Bonchev–Trinajstić information content (AvgIpc) is 3.51. The number of likely N-dealkylation sites (tertiary alicyclic amines) is 1. The molecule has 2 amide bonds. The van der Waals surface area contributed by atoms with Crippen LogP contribution in [0.2, 0.25) is 0 Å². The molecule has 2 aliphatic heterocycles. The summed E-state index contributed by atoms with van der Waals surface area (Å²) in [6.07, 6.45) is 2.68. The van der Waals surface area contributed by atoms with Crippen LogP contribution >= 0.6 is 0 Å². The van der Waals surface area contributed by atoms with Gasteiger partial charge < -0.3 is 20.1 Å². The number of rotatable bonds is 4. The summed E-state index contributed by atoms with van der Waals surface area (Å²) in [7, 11) is 4.06.